The first-order valence-electron chi connectivity index (χ1n) is 6.46. The van der Waals surface area contributed by atoms with Crippen molar-refractivity contribution < 1.29 is 0 Å². The second-order valence-corrected chi connectivity index (χ2v) is 4.36. The fraction of sp³-hybridized carbons (Fsp3) is 0.200. The van der Waals surface area contributed by atoms with Crippen LogP contribution in [-0.2, 0) is 0 Å². The van der Waals surface area contributed by atoms with Crippen molar-refractivity contribution in [2.75, 3.05) is 17.2 Å². The van der Waals surface area contributed by atoms with Crippen molar-refractivity contribution in [1.29, 1.82) is 10.5 Å². The molecule has 6 nitrogen and oxygen atoms in total. The van der Waals surface area contributed by atoms with Gasteiger partial charge in [0.1, 0.15) is 18.0 Å². The summed E-state index contributed by atoms with van der Waals surface area (Å²) in [6.07, 6.45) is 1.72. The predicted octanol–water partition coefficient (Wildman–Crippen LogP) is 2.70. The van der Waals surface area contributed by atoms with Crippen molar-refractivity contribution in [3.8, 4) is 12.1 Å². The molecule has 1 heterocycles. The number of nitrogens with zero attached hydrogens (tertiary/aromatic N) is 4. The van der Waals surface area contributed by atoms with Gasteiger partial charge < -0.3 is 10.6 Å². The molecule has 1 aromatic heterocycles. The standard InChI is InChI=1S/C15H14N6/c1-3-18-15-19-9-10(2)14(21-15)20-13-5-4-11(7-16)12(6-13)8-17/h4-6,9H,3H2,1-2H3,(H2,18,19,20,21). The number of aryl methyl sites for hydroxylation is 1. The second-order valence-electron chi connectivity index (χ2n) is 4.36. The van der Waals surface area contributed by atoms with E-state index in [4.69, 9.17) is 10.5 Å². The number of nitrogens with one attached hydrogen (secondary N) is 2. The van der Waals surface area contributed by atoms with Gasteiger partial charge >= 0.3 is 0 Å². The van der Waals surface area contributed by atoms with Gasteiger partial charge in [-0.1, -0.05) is 0 Å². The maximum absolute atomic E-state index is 9.04. The van der Waals surface area contributed by atoms with E-state index in [0.717, 1.165) is 12.1 Å². The molecular weight excluding hydrogens is 264 g/mol. The van der Waals surface area contributed by atoms with Gasteiger partial charge in [0, 0.05) is 24.0 Å². The molecule has 1 aromatic carbocycles. The van der Waals surface area contributed by atoms with Crippen molar-refractivity contribution >= 4 is 17.5 Å². The monoisotopic (exact) mass is 278 g/mol. The molecule has 0 bridgehead atoms. The SMILES string of the molecule is CCNc1ncc(C)c(Nc2ccc(C#N)c(C#N)c2)n1. The third kappa shape index (κ3) is 3.26. The van der Waals surface area contributed by atoms with Crippen LogP contribution in [0.25, 0.3) is 0 Å². The van der Waals surface area contributed by atoms with Crippen LogP contribution < -0.4 is 10.6 Å². The topological polar surface area (TPSA) is 97.4 Å². The van der Waals surface area contributed by atoms with E-state index in [9.17, 15) is 0 Å². The Bertz CT molecular complexity index is 739. The first-order chi connectivity index (χ1) is 10.2. The Morgan fingerprint density at radius 1 is 1.19 bits per heavy atom. The molecule has 0 aliphatic carbocycles. The quantitative estimate of drug-likeness (QED) is 0.892. The van der Waals surface area contributed by atoms with Crippen molar-refractivity contribution in [1.82, 2.24) is 9.97 Å². The normalized spacial score (nSPS) is 9.52. The Hall–Kier alpha value is -3.12. The lowest BCUT2D eigenvalue weighted by Crippen LogP contribution is -2.05. The Balaban J connectivity index is 2.32. The van der Waals surface area contributed by atoms with Crippen molar-refractivity contribution in [3.63, 3.8) is 0 Å². The molecule has 0 unspecified atom stereocenters. The van der Waals surface area contributed by atoms with Crippen LogP contribution in [0.1, 0.15) is 23.6 Å². The molecule has 104 valence electrons. The summed E-state index contributed by atoms with van der Waals surface area (Å²) in [5, 5.41) is 24.2. The number of hydrogen-bond acceptors (Lipinski definition) is 6. The number of hydrogen-bond donors (Lipinski definition) is 2. The van der Waals surface area contributed by atoms with Gasteiger partial charge in [-0.3, -0.25) is 0 Å². The molecule has 6 heteroatoms. The van der Waals surface area contributed by atoms with E-state index < -0.39 is 0 Å². The number of nitriles is 2. The molecule has 0 aliphatic rings. The van der Waals surface area contributed by atoms with E-state index in [0.29, 0.717) is 28.6 Å². The summed E-state index contributed by atoms with van der Waals surface area (Å²) in [5.74, 6) is 1.20. The molecule has 0 spiro atoms. The van der Waals surface area contributed by atoms with Crippen LogP contribution >= 0.6 is 0 Å². The summed E-state index contributed by atoms with van der Waals surface area (Å²) in [4.78, 5) is 8.55. The van der Waals surface area contributed by atoms with E-state index in [1.807, 2.05) is 26.0 Å². The number of rotatable bonds is 4. The third-order valence-corrected chi connectivity index (χ3v) is 2.83. The molecular formula is C15H14N6. The van der Waals surface area contributed by atoms with Gasteiger partial charge in [-0.25, -0.2) is 4.98 Å². The zero-order valence-corrected chi connectivity index (χ0v) is 11.8. The van der Waals surface area contributed by atoms with E-state index in [1.54, 1.807) is 24.4 Å². The van der Waals surface area contributed by atoms with Crippen LogP contribution in [0.15, 0.2) is 24.4 Å². The van der Waals surface area contributed by atoms with Gasteiger partial charge in [0.15, 0.2) is 0 Å². The number of benzene rings is 1. The maximum atomic E-state index is 9.04. The summed E-state index contributed by atoms with van der Waals surface area (Å²) < 4.78 is 0. The maximum Gasteiger partial charge on any atom is 0.224 e. The van der Waals surface area contributed by atoms with Crippen molar-refractivity contribution in [3.05, 3.63) is 41.1 Å². The average Bonchev–Trinajstić information content (AvgIpc) is 2.50. The van der Waals surface area contributed by atoms with Crippen molar-refractivity contribution in [2.45, 2.75) is 13.8 Å². The Morgan fingerprint density at radius 2 is 1.95 bits per heavy atom. The summed E-state index contributed by atoms with van der Waals surface area (Å²) in [6.45, 7) is 4.60. The van der Waals surface area contributed by atoms with Gasteiger partial charge in [0.25, 0.3) is 0 Å². The summed E-state index contributed by atoms with van der Waals surface area (Å²) in [5.41, 5.74) is 2.28. The predicted molar refractivity (Wildman–Crippen MR) is 80.1 cm³/mol. The minimum atomic E-state index is 0.334. The number of anilines is 3. The highest BCUT2D eigenvalue weighted by atomic mass is 15.1. The van der Waals surface area contributed by atoms with Gasteiger partial charge in [-0.15, -0.1) is 0 Å². The molecule has 2 N–H and O–H groups in total. The third-order valence-electron chi connectivity index (χ3n) is 2.83. The van der Waals surface area contributed by atoms with Crippen LogP contribution in [0.5, 0.6) is 0 Å². The molecule has 21 heavy (non-hydrogen) atoms. The largest absolute Gasteiger partial charge is 0.354 e. The molecule has 0 saturated carbocycles. The molecule has 0 radical (unpaired) electrons. The first kappa shape index (κ1) is 14.3. The lowest BCUT2D eigenvalue weighted by Gasteiger charge is -2.10. The zero-order valence-electron chi connectivity index (χ0n) is 11.8. The van der Waals surface area contributed by atoms with Crippen LogP contribution in [0.3, 0.4) is 0 Å². The fourth-order valence-electron chi connectivity index (χ4n) is 1.76. The average molecular weight is 278 g/mol. The van der Waals surface area contributed by atoms with E-state index >= 15 is 0 Å². The van der Waals surface area contributed by atoms with Crippen LogP contribution in [0, 0.1) is 29.6 Å². The minimum Gasteiger partial charge on any atom is -0.354 e. The van der Waals surface area contributed by atoms with E-state index in [-0.39, 0.29) is 0 Å². The van der Waals surface area contributed by atoms with Crippen LogP contribution in [-0.4, -0.2) is 16.5 Å². The Kier molecular flexibility index (Phi) is 4.33. The van der Waals surface area contributed by atoms with Crippen LogP contribution in [0.4, 0.5) is 17.5 Å². The fourth-order valence-corrected chi connectivity index (χ4v) is 1.76. The highest BCUT2D eigenvalue weighted by molar-refractivity contribution is 5.64. The van der Waals surface area contributed by atoms with E-state index in [1.165, 1.54) is 0 Å². The summed E-state index contributed by atoms with van der Waals surface area (Å²) >= 11 is 0. The Labute approximate surface area is 123 Å². The molecule has 0 atom stereocenters. The molecule has 0 amide bonds. The second kappa shape index (κ2) is 6.36. The Morgan fingerprint density at radius 3 is 2.62 bits per heavy atom. The smallest absolute Gasteiger partial charge is 0.224 e. The molecule has 0 fully saturated rings. The van der Waals surface area contributed by atoms with E-state index in [2.05, 4.69) is 20.6 Å². The summed E-state index contributed by atoms with van der Waals surface area (Å²) in [7, 11) is 0. The van der Waals surface area contributed by atoms with Gasteiger partial charge in [0.05, 0.1) is 11.1 Å². The van der Waals surface area contributed by atoms with Gasteiger partial charge in [-0.2, -0.15) is 15.5 Å². The lowest BCUT2D eigenvalue weighted by atomic mass is 10.1. The highest BCUT2D eigenvalue weighted by Crippen LogP contribution is 2.21. The molecule has 2 rings (SSSR count). The molecule has 0 aliphatic heterocycles. The minimum absolute atomic E-state index is 0.334. The zero-order chi connectivity index (χ0) is 15.2. The van der Waals surface area contributed by atoms with Crippen LogP contribution in [0.2, 0.25) is 0 Å². The number of aromatic nitrogens is 2. The molecule has 0 saturated heterocycles. The van der Waals surface area contributed by atoms with Gasteiger partial charge in [-0.05, 0) is 32.0 Å². The molecule has 2 aromatic rings. The first-order valence-corrected chi connectivity index (χ1v) is 6.46. The van der Waals surface area contributed by atoms with Gasteiger partial charge in [0.2, 0.25) is 5.95 Å². The highest BCUT2D eigenvalue weighted by Gasteiger charge is 2.07. The summed E-state index contributed by atoms with van der Waals surface area (Å²) in [6, 6.07) is 8.99. The van der Waals surface area contributed by atoms with Crippen molar-refractivity contribution in [2.24, 2.45) is 0 Å². The lowest BCUT2D eigenvalue weighted by molar-refractivity contribution is 1.07.